The topological polar surface area (TPSA) is 73.3 Å². The Morgan fingerprint density at radius 2 is 1.81 bits per heavy atom. The van der Waals surface area contributed by atoms with E-state index >= 15 is 0 Å². The summed E-state index contributed by atoms with van der Waals surface area (Å²) in [6.45, 7) is 2.54. The van der Waals surface area contributed by atoms with Gasteiger partial charge in [-0.25, -0.2) is 9.97 Å². The Morgan fingerprint density at radius 3 is 2.42 bits per heavy atom. The van der Waals surface area contributed by atoms with Crippen LogP contribution in [-0.2, 0) is 0 Å². The molecule has 1 saturated carbocycles. The Balaban J connectivity index is 1.45. The number of nitrogens with one attached hydrogen (secondary N) is 1. The van der Waals surface area contributed by atoms with Crippen molar-refractivity contribution >= 4 is 17.5 Å². The summed E-state index contributed by atoms with van der Waals surface area (Å²) in [5.74, 6) is 0.713. The first kappa shape index (κ1) is 18.5. The van der Waals surface area contributed by atoms with Gasteiger partial charge in [-0.2, -0.15) is 0 Å². The molecule has 1 aromatic heterocycles. The molecule has 1 N–H and O–H groups in total. The van der Waals surface area contributed by atoms with Crippen molar-refractivity contribution in [2.45, 2.75) is 44.8 Å². The molecular formula is C19H22ClN3O3. The molecule has 26 heavy (non-hydrogen) atoms. The Hall–Kier alpha value is -2.34. The van der Waals surface area contributed by atoms with Crippen molar-refractivity contribution in [3.8, 4) is 11.8 Å². The zero-order valence-electron chi connectivity index (χ0n) is 14.7. The maximum Gasteiger partial charge on any atom is 0.316 e. The summed E-state index contributed by atoms with van der Waals surface area (Å²) in [6, 6.07) is 7.70. The van der Waals surface area contributed by atoms with Crippen molar-refractivity contribution < 1.29 is 14.3 Å². The van der Waals surface area contributed by atoms with Crippen molar-refractivity contribution in [1.29, 1.82) is 0 Å². The highest BCUT2D eigenvalue weighted by molar-refractivity contribution is 6.30. The number of hydrogen-bond acceptors (Lipinski definition) is 5. The van der Waals surface area contributed by atoms with Gasteiger partial charge in [-0.1, -0.05) is 11.6 Å². The van der Waals surface area contributed by atoms with Crippen LogP contribution in [-0.4, -0.2) is 34.6 Å². The fraction of sp³-hybridized carbons (Fsp3) is 0.421. The number of hydrogen-bond donors (Lipinski definition) is 1. The van der Waals surface area contributed by atoms with E-state index in [9.17, 15) is 4.79 Å². The molecule has 2 aromatic rings. The second-order valence-electron chi connectivity index (χ2n) is 6.21. The molecule has 1 amide bonds. The molecule has 1 heterocycles. The molecule has 1 aliphatic rings. The highest BCUT2D eigenvalue weighted by atomic mass is 35.5. The zero-order chi connectivity index (χ0) is 18.4. The van der Waals surface area contributed by atoms with Crippen LogP contribution in [0.4, 0.5) is 0 Å². The number of carbonyl (C=O) groups excluding carboxylic acids is 1. The van der Waals surface area contributed by atoms with Crippen molar-refractivity contribution in [1.82, 2.24) is 15.3 Å². The molecule has 138 valence electrons. The van der Waals surface area contributed by atoms with E-state index in [2.05, 4.69) is 15.3 Å². The number of nitrogens with zero attached hydrogens (tertiary/aromatic N) is 2. The summed E-state index contributed by atoms with van der Waals surface area (Å²) in [5.41, 5.74) is 0.640. The number of carbonyl (C=O) groups is 1. The van der Waals surface area contributed by atoms with E-state index in [0.717, 1.165) is 31.4 Å². The van der Waals surface area contributed by atoms with Gasteiger partial charge in [0.05, 0.1) is 24.0 Å². The monoisotopic (exact) mass is 375 g/mol. The Labute approximate surface area is 157 Å². The predicted octanol–water partition coefficient (Wildman–Crippen LogP) is 3.65. The maximum absolute atomic E-state index is 12.4. The van der Waals surface area contributed by atoms with Crippen molar-refractivity contribution in [3.05, 3.63) is 47.2 Å². The van der Waals surface area contributed by atoms with E-state index in [-0.39, 0.29) is 18.1 Å². The fourth-order valence-corrected chi connectivity index (χ4v) is 3.07. The third kappa shape index (κ3) is 5.08. The lowest BCUT2D eigenvalue weighted by Gasteiger charge is -2.28. The van der Waals surface area contributed by atoms with Crippen LogP contribution in [0.5, 0.6) is 11.8 Å². The Kier molecular flexibility index (Phi) is 6.28. The standard InChI is InChI=1S/C19H22ClN3O3/c1-2-25-16-7-3-13(4-8-16)18(24)23-15-5-9-17(10-6-15)26-19-21-11-14(20)12-22-19/h3-4,7-8,11-12,15,17H,2,5-6,9-10H2,1H3,(H,23,24). The zero-order valence-corrected chi connectivity index (χ0v) is 15.4. The second-order valence-corrected chi connectivity index (χ2v) is 6.64. The lowest BCUT2D eigenvalue weighted by Crippen LogP contribution is -2.39. The van der Waals surface area contributed by atoms with Crippen LogP contribution in [0.2, 0.25) is 5.02 Å². The largest absolute Gasteiger partial charge is 0.494 e. The molecule has 3 rings (SSSR count). The van der Waals surface area contributed by atoms with E-state index in [1.54, 1.807) is 12.1 Å². The van der Waals surface area contributed by atoms with Gasteiger partial charge in [0, 0.05) is 11.6 Å². The Bertz CT molecular complexity index is 714. The molecule has 0 atom stereocenters. The average Bonchev–Trinajstić information content (AvgIpc) is 2.66. The maximum atomic E-state index is 12.4. The van der Waals surface area contributed by atoms with Crippen LogP contribution in [0.3, 0.4) is 0 Å². The van der Waals surface area contributed by atoms with Gasteiger partial charge in [-0.3, -0.25) is 4.79 Å². The molecule has 0 unspecified atom stereocenters. The van der Waals surface area contributed by atoms with Gasteiger partial charge in [-0.05, 0) is 56.9 Å². The first-order valence-electron chi connectivity index (χ1n) is 8.82. The molecular weight excluding hydrogens is 354 g/mol. The SMILES string of the molecule is CCOc1ccc(C(=O)NC2CCC(Oc3ncc(Cl)cn3)CC2)cc1. The van der Waals surface area contributed by atoms with Crippen LogP contribution < -0.4 is 14.8 Å². The minimum absolute atomic E-state index is 0.0570. The third-order valence-corrected chi connectivity index (χ3v) is 4.50. The van der Waals surface area contributed by atoms with Crippen LogP contribution in [0, 0.1) is 0 Å². The predicted molar refractivity (Wildman–Crippen MR) is 98.8 cm³/mol. The number of halogens is 1. The molecule has 1 aliphatic carbocycles. The van der Waals surface area contributed by atoms with Crippen molar-refractivity contribution in [3.63, 3.8) is 0 Å². The molecule has 1 aromatic carbocycles. The average molecular weight is 376 g/mol. The van der Waals surface area contributed by atoms with Crippen LogP contribution >= 0.6 is 11.6 Å². The molecule has 0 spiro atoms. The summed E-state index contributed by atoms with van der Waals surface area (Å²) in [4.78, 5) is 20.5. The van der Waals surface area contributed by atoms with Crippen molar-refractivity contribution in [2.24, 2.45) is 0 Å². The van der Waals surface area contributed by atoms with Gasteiger partial charge < -0.3 is 14.8 Å². The van der Waals surface area contributed by atoms with E-state index in [1.165, 1.54) is 12.4 Å². The van der Waals surface area contributed by atoms with Gasteiger partial charge in [0.25, 0.3) is 5.91 Å². The first-order chi connectivity index (χ1) is 12.6. The summed E-state index contributed by atoms with van der Waals surface area (Å²) in [7, 11) is 0. The van der Waals surface area contributed by atoms with Crippen LogP contribution in [0.1, 0.15) is 43.0 Å². The van der Waals surface area contributed by atoms with Gasteiger partial charge >= 0.3 is 6.01 Å². The van der Waals surface area contributed by atoms with Gasteiger partial charge in [0.1, 0.15) is 11.9 Å². The first-order valence-corrected chi connectivity index (χ1v) is 9.19. The van der Waals surface area contributed by atoms with Gasteiger partial charge in [0.2, 0.25) is 0 Å². The van der Waals surface area contributed by atoms with Crippen LogP contribution in [0.25, 0.3) is 0 Å². The quantitative estimate of drug-likeness (QED) is 0.834. The van der Waals surface area contributed by atoms with E-state index in [4.69, 9.17) is 21.1 Å². The summed E-state index contributed by atoms with van der Waals surface area (Å²) >= 11 is 5.77. The van der Waals surface area contributed by atoms with E-state index in [1.807, 2.05) is 19.1 Å². The second kappa shape index (κ2) is 8.85. The number of ether oxygens (including phenoxy) is 2. The molecule has 7 heteroatoms. The number of aromatic nitrogens is 2. The molecule has 0 bridgehead atoms. The molecule has 1 fully saturated rings. The minimum atomic E-state index is -0.0570. The minimum Gasteiger partial charge on any atom is -0.494 e. The van der Waals surface area contributed by atoms with Gasteiger partial charge in [-0.15, -0.1) is 0 Å². The molecule has 0 radical (unpaired) electrons. The Morgan fingerprint density at radius 1 is 1.15 bits per heavy atom. The smallest absolute Gasteiger partial charge is 0.316 e. The lowest BCUT2D eigenvalue weighted by atomic mass is 9.92. The lowest BCUT2D eigenvalue weighted by molar-refractivity contribution is 0.0885. The molecule has 0 saturated heterocycles. The summed E-state index contributed by atoms with van der Waals surface area (Å²) in [6.07, 6.45) is 6.52. The molecule has 6 nitrogen and oxygen atoms in total. The normalized spacial score (nSPS) is 19.6. The van der Waals surface area contributed by atoms with Gasteiger partial charge in [0.15, 0.2) is 0 Å². The molecule has 0 aliphatic heterocycles. The number of benzene rings is 1. The fourth-order valence-electron chi connectivity index (χ4n) is 2.97. The highest BCUT2D eigenvalue weighted by Crippen LogP contribution is 2.23. The number of rotatable bonds is 6. The van der Waals surface area contributed by atoms with E-state index < -0.39 is 0 Å². The summed E-state index contributed by atoms with van der Waals surface area (Å²) in [5, 5.41) is 3.58. The van der Waals surface area contributed by atoms with Crippen molar-refractivity contribution in [2.75, 3.05) is 6.61 Å². The highest BCUT2D eigenvalue weighted by Gasteiger charge is 2.24. The summed E-state index contributed by atoms with van der Waals surface area (Å²) < 4.78 is 11.2. The van der Waals surface area contributed by atoms with E-state index in [0.29, 0.717) is 23.2 Å². The number of amides is 1. The third-order valence-electron chi connectivity index (χ3n) is 4.31. The van der Waals surface area contributed by atoms with Crippen LogP contribution in [0.15, 0.2) is 36.7 Å².